The summed E-state index contributed by atoms with van der Waals surface area (Å²) in [6.07, 6.45) is 2.51. The summed E-state index contributed by atoms with van der Waals surface area (Å²) >= 11 is 11.9. The van der Waals surface area contributed by atoms with Crippen molar-refractivity contribution in [3.63, 3.8) is 0 Å². The lowest BCUT2D eigenvalue weighted by Crippen LogP contribution is -2.30. The van der Waals surface area contributed by atoms with E-state index in [4.69, 9.17) is 23.2 Å². The second-order valence-corrected chi connectivity index (χ2v) is 7.55. The van der Waals surface area contributed by atoms with Gasteiger partial charge in [-0.05, 0) is 37.8 Å². The third-order valence-electron chi connectivity index (χ3n) is 4.28. The third-order valence-corrected chi connectivity index (χ3v) is 5.12. The monoisotopic (exact) mass is 340 g/mol. The van der Waals surface area contributed by atoms with Gasteiger partial charge in [-0.15, -0.1) is 23.2 Å². The Morgan fingerprint density at radius 2 is 1.91 bits per heavy atom. The van der Waals surface area contributed by atoms with E-state index in [0.717, 1.165) is 31.5 Å². The lowest BCUT2D eigenvalue weighted by molar-refractivity contribution is -0.117. The number of nitrogens with one attached hydrogen (secondary N) is 1. The molecule has 1 aliphatic heterocycles. The summed E-state index contributed by atoms with van der Waals surface area (Å²) in [5.41, 5.74) is 1.96. The Morgan fingerprint density at radius 1 is 1.27 bits per heavy atom. The molecule has 1 heterocycles. The fourth-order valence-corrected chi connectivity index (χ4v) is 3.36. The standard InChI is InChI=1S/C16H18Cl2N2O2/c1-10-5-4-6-12(19-14(21)11-9-16(11,17)18)13(10)15(22)20-7-2-3-8-20/h4-6,11H,2-3,7-9H2,1H3,(H,19,21). The summed E-state index contributed by atoms with van der Waals surface area (Å²) in [4.78, 5) is 26.7. The summed E-state index contributed by atoms with van der Waals surface area (Å²) in [5.74, 6) is -0.665. The van der Waals surface area contributed by atoms with E-state index in [-0.39, 0.29) is 11.8 Å². The van der Waals surface area contributed by atoms with Gasteiger partial charge < -0.3 is 10.2 Å². The molecule has 0 radical (unpaired) electrons. The van der Waals surface area contributed by atoms with Gasteiger partial charge in [0.05, 0.1) is 17.2 Å². The van der Waals surface area contributed by atoms with Gasteiger partial charge in [0.1, 0.15) is 4.33 Å². The topological polar surface area (TPSA) is 49.4 Å². The Labute approximate surface area is 139 Å². The van der Waals surface area contributed by atoms with E-state index in [1.807, 2.05) is 24.0 Å². The highest BCUT2D eigenvalue weighted by Gasteiger charge is 2.56. The number of hydrogen-bond donors (Lipinski definition) is 1. The molecule has 22 heavy (non-hydrogen) atoms. The number of hydrogen-bond acceptors (Lipinski definition) is 2. The van der Waals surface area contributed by atoms with Crippen LogP contribution in [0.15, 0.2) is 18.2 Å². The average molecular weight is 341 g/mol. The average Bonchev–Trinajstić information content (AvgIpc) is 2.90. The Hall–Kier alpha value is -1.26. The van der Waals surface area contributed by atoms with Crippen LogP contribution in [0, 0.1) is 12.8 Å². The predicted molar refractivity (Wildman–Crippen MR) is 87.5 cm³/mol. The van der Waals surface area contributed by atoms with Crippen LogP contribution in [0.1, 0.15) is 35.2 Å². The number of benzene rings is 1. The van der Waals surface area contributed by atoms with Crippen molar-refractivity contribution in [1.29, 1.82) is 0 Å². The minimum atomic E-state index is -0.965. The van der Waals surface area contributed by atoms with Gasteiger partial charge in [0, 0.05) is 13.1 Å². The summed E-state index contributed by atoms with van der Waals surface area (Å²) in [7, 11) is 0. The highest BCUT2D eigenvalue weighted by atomic mass is 35.5. The minimum Gasteiger partial charge on any atom is -0.339 e. The summed E-state index contributed by atoms with van der Waals surface area (Å²) in [5, 5.41) is 2.82. The van der Waals surface area contributed by atoms with Crippen LogP contribution in [0.25, 0.3) is 0 Å². The van der Waals surface area contributed by atoms with Crippen LogP contribution in [-0.2, 0) is 4.79 Å². The Kier molecular flexibility index (Phi) is 4.08. The molecule has 1 unspecified atom stereocenters. The lowest BCUT2D eigenvalue weighted by Gasteiger charge is -2.19. The molecule has 1 saturated carbocycles. The van der Waals surface area contributed by atoms with E-state index in [9.17, 15) is 9.59 Å². The predicted octanol–water partition coefficient (Wildman–Crippen LogP) is 3.36. The minimum absolute atomic E-state index is 0.0234. The van der Waals surface area contributed by atoms with Gasteiger partial charge in [0.2, 0.25) is 5.91 Å². The number of rotatable bonds is 3. The SMILES string of the molecule is Cc1cccc(NC(=O)C2CC2(Cl)Cl)c1C(=O)N1CCCC1. The van der Waals surface area contributed by atoms with Crippen molar-refractivity contribution in [1.82, 2.24) is 4.90 Å². The van der Waals surface area contributed by atoms with Crippen molar-refractivity contribution >= 4 is 40.7 Å². The van der Waals surface area contributed by atoms with Crippen LogP contribution >= 0.6 is 23.2 Å². The number of alkyl halides is 2. The summed E-state index contributed by atoms with van der Waals surface area (Å²) in [6.45, 7) is 3.43. The quantitative estimate of drug-likeness (QED) is 0.857. The molecule has 3 rings (SSSR count). The van der Waals surface area contributed by atoms with Gasteiger partial charge in [0.15, 0.2) is 0 Å². The van der Waals surface area contributed by atoms with E-state index >= 15 is 0 Å². The van der Waals surface area contributed by atoms with Crippen LogP contribution in [0.3, 0.4) is 0 Å². The normalized spacial score (nSPS) is 22.5. The number of anilines is 1. The molecule has 0 aromatic heterocycles. The van der Waals surface area contributed by atoms with Gasteiger partial charge in [-0.1, -0.05) is 12.1 Å². The molecule has 2 amide bonds. The van der Waals surface area contributed by atoms with Gasteiger partial charge in [-0.25, -0.2) is 0 Å². The molecule has 2 aliphatic rings. The van der Waals surface area contributed by atoms with E-state index < -0.39 is 10.3 Å². The smallest absolute Gasteiger partial charge is 0.256 e. The zero-order chi connectivity index (χ0) is 15.9. The van der Waals surface area contributed by atoms with Crippen molar-refractivity contribution < 1.29 is 9.59 Å². The van der Waals surface area contributed by atoms with E-state index in [1.165, 1.54) is 0 Å². The number of nitrogens with zero attached hydrogens (tertiary/aromatic N) is 1. The van der Waals surface area contributed by atoms with Gasteiger partial charge in [-0.3, -0.25) is 9.59 Å². The molecule has 1 N–H and O–H groups in total. The largest absolute Gasteiger partial charge is 0.339 e. The number of halogens is 2. The highest BCUT2D eigenvalue weighted by molar-refractivity contribution is 6.52. The fraction of sp³-hybridized carbons (Fsp3) is 0.500. The molecular formula is C16H18Cl2N2O2. The zero-order valence-corrected chi connectivity index (χ0v) is 13.9. The number of amides is 2. The van der Waals surface area contributed by atoms with E-state index in [0.29, 0.717) is 17.7 Å². The van der Waals surface area contributed by atoms with E-state index in [2.05, 4.69) is 5.32 Å². The molecule has 118 valence electrons. The van der Waals surface area contributed by atoms with Gasteiger partial charge in [0.25, 0.3) is 5.91 Å². The van der Waals surface area contributed by atoms with Crippen molar-refractivity contribution in [2.45, 2.75) is 30.5 Å². The Bertz CT molecular complexity index is 625. The molecule has 2 fully saturated rings. The molecule has 1 aromatic rings. The zero-order valence-electron chi connectivity index (χ0n) is 12.4. The van der Waals surface area contributed by atoms with Crippen molar-refractivity contribution in [2.24, 2.45) is 5.92 Å². The van der Waals surface area contributed by atoms with Crippen LogP contribution in [-0.4, -0.2) is 34.1 Å². The first kappa shape index (κ1) is 15.6. The Morgan fingerprint density at radius 3 is 2.50 bits per heavy atom. The maximum absolute atomic E-state index is 12.7. The third kappa shape index (κ3) is 2.95. The first-order valence-corrected chi connectivity index (χ1v) is 8.23. The maximum atomic E-state index is 12.7. The highest BCUT2D eigenvalue weighted by Crippen LogP contribution is 2.53. The molecule has 0 bridgehead atoms. The summed E-state index contributed by atoms with van der Waals surface area (Å²) < 4.78 is -0.965. The van der Waals surface area contributed by atoms with Crippen LogP contribution in [0.2, 0.25) is 0 Å². The number of carbonyl (C=O) groups excluding carboxylic acids is 2. The number of carbonyl (C=O) groups is 2. The molecule has 6 heteroatoms. The molecule has 1 aliphatic carbocycles. The first-order valence-electron chi connectivity index (χ1n) is 7.48. The van der Waals surface area contributed by atoms with Gasteiger partial charge in [-0.2, -0.15) is 0 Å². The van der Waals surface area contributed by atoms with Crippen molar-refractivity contribution in [3.8, 4) is 0 Å². The van der Waals surface area contributed by atoms with Gasteiger partial charge >= 0.3 is 0 Å². The second-order valence-electron chi connectivity index (χ2n) is 6.00. The summed E-state index contributed by atoms with van der Waals surface area (Å²) in [6, 6.07) is 5.46. The molecule has 1 saturated heterocycles. The first-order chi connectivity index (χ1) is 10.4. The second kappa shape index (κ2) is 5.74. The number of likely N-dealkylation sites (tertiary alicyclic amines) is 1. The molecule has 1 aromatic carbocycles. The molecular weight excluding hydrogens is 323 g/mol. The Balaban J connectivity index is 1.83. The van der Waals surface area contributed by atoms with Crippen LogP contribution in [0.5, 0.6) is 0 Å². The number of aryl methyl sites for hydroxylation is 1. The van der Waals surface area contributed by atoms with E-state index in [1.54, 1.807) is 6.07 Å². The van der Waals surface area contributed by atoms with Crippen LogP contribution < -0.4 is 5.32 Å². The maximum Gasteiger partial charge on any atom is 0.256 e. The fourth-order valence-electron chi connectivity index (χ4n) is 2.85. The van der Waals surface area contributed by atoms with Crippen molar-refractivity contribution in [3.05, 3.63) is 29.3 Å². The van der Waals surface area contributed by atoms with Crippen LogP contribution in [0.4, 0.5) is 5.69 Å². The lowest BCUT2D eigenvalue weighted by atomic mass is 10.0. The molecule has 0 spiro atoms. The molecule has 1 atom stereocenters. The van der Waals surface area contributed by atoms with Crippen molar-refractivity contribution in [2.75, 3.05) is 18.4 Å². The molecule has 4 nitrogen and oxygen atoms in total.